The lowest BCUT2D eigenvalue weighted by Gasteiger charge is -1.90. The summed E-state index contributed by atoms with van der Waals surface area (Å²) in [7, 11) is 3.48. The van der Waals surface area contributed by atoms with Crippen molar-refractivity contribution in [2.75, 3.05) is 7.11 Å². The molecule has 3 nitrogen and oxygen atoms in total. The number of aryl methyl sites for hydroxylation is 1. The average Bonchev–Trinajstić information content (AvgIpc) is 2.03. The molecule has 0 fully saturated rings. The zero-order chi connectivity index (χ0) is 8.10. The van der Waals surface area contributed by atoms with Crippen LogP contribution in [0, 0.1) is 0 Å². The number of hydrogen-bond donors (Lipinski definition) is 0. The van der Waals surface area contributed by atoms with Gasteiger partial charge in [0.1, 0.15) is 20.4 Å². The predicted molar refractivity (Wildman–Crippen MR) is 42.2 cm³/mol. The van der Waals surface area contributed by atoms with Crippen molar-refractivity contribution in [2.45, 2.75) is 0 Å². The molecule has 0 spiro atoms. The zero-order valence-electron chi connectivity index (χ0n) is 6.69. The third-order valence-electron chi connectivity index (χ3n) is 1.39. The topological polar surface area (TPSA) is 25.5 Å². The second-order valence-corrected chi connectivity index (χ2v) is 2.15. The summed E-state index contributed by atoms with van der Waals surface area (Å²) in [6.45, 7) is 0. The fraction of sp³-hybridized carbons (Fsp3) is 0.250. The Hall–Kier alpha value is -1.38. The number of rotatable bonds is 2. The van der Waals surface area contributed by atoms with Crippen LogP contribution in [0.2, 0.25) is 0 Å². The van der Waals surface area contributed by atoms with Crippen molar-refractivity contribution >= 4 is 6.21 Å². The molecule has 0 N–H and O–H groups in total. The van der Waals surface area contributed by atoms with E-state index < -0.39 is 0 Å². The Labute approximate surface area is 65.9 Å². The van der Waals surface area contributed by atoms with Gasteiger partial charge in [0.05, 0.1) is 0 Å². The van der Waals surface area contributed by atoms with Crippen LogP contribution < -0.4 is 4.57 Å². The van der Waals surface area contributed by atoms with Gasteiger partial charge in [-0.3, -0.25) is 0 Å². The molecule has 0 unspecified atom stereocenters. The van der Waals surface area contributed by atoms with E-state index in [2.05, 4.69) is 9.99 Å². The first-order chi connectivity index (χ1) is 5.34. The number of oxime groups is 1. The average molecular weight is 151 g/mol. The van der Waals surface area contributed by atoms with Crippen molar-refractivity contribution in [3.05, 3.63) is 30.1 Å². The van der Waals surface area contributed by atoms with Crippen LogP contribution in [-0.4, -0.2) is 13.3 Å². The largest absolute Gasteiger partial charge is 0.399 e. The van der Waals surface area contributed by atoms with Gasteiger partial charge in [-0.05, 0) is 6.07 Å². The van der Waals surface area contributed by atoms with Gasteiger partial charge in [-0.15, -0.1) is 0 Å². The van der Waals surface area contributed by atoms with E-state index in [4.69, 9.17) is 0 Å². The summed E-state index contributed by atoms with van der Waals surface area (Å²) in [6.07, 6.45) is 3.62. The molecule has 1 aromatic heterocycles. The van der Waals surface area contributed by atoms with E-state index >= 15 is 0 Å². The summed E-state index contributed by atoms with van der Waals surface area (Å²) in [5.74, 6) is 0. The van der Waals surface area contributed by atoms with Gasteiger partial charge in [0.2, 0.25) is 5.69 Å². The van der Waals surface area contributed by atoms with Gasteiger partial charge in [-0.2, -0.15) is 0 Å². The summed E-state index contributed by atoms with van der Waals surface area (Å²) in [5.41, 5.74) is 1.01. The second kappa shape index (κ2) is 3.71. The first-order valence-corrected chi connectivity index (χ1v) is 3.36. The predicted octanol–water partition coefficient (Wildman–Crippen LogP) is 0.491. The Balaban J connectivity index is 2.86. The van der Waals surface area contributed by atoms with Gasteiger partial charge in [-0.1, -0.05) is 5.16 Å². The van der Waals surface area contributed by atoms with Crippen LogP contribution in [0.1, 0.15) is 5.69 Å². The number of aromatic nitrogens is 1. The molecule has 0 amide bonds. The highest BCUT2D eigenvalue weighted by Gasteiger charge is 1.98. The van der Waals surface area contributed by atoms with Crippen LogP contribution in [0.15, 0.2) is 29.6 Å². The lowest BCUT2D eigenvalue weighted by molar-refractivity contribution is -0.672. The zero-order valence-corrected chi connectivity index (χ0v) is 6.69. The molecule has 0 bridgehead atoms. The highest BCUT2D eigenvalue weighted by molar-refractivity contribution is 5.74. The van der Waals surface area contributed by atoms with Crippen molar-refractivity contribution in [3.8, 4) is 0 Å². The monoisotopic (exact) mass is 151 g/mol. The second-order valence-electron chi connectivity index (χ2n) is 2.15. The summed E-state index contributed by atoms with van der Waals surface area (Å²) >= 11 is 0. The smallest absolute Gasteiger partial charge is 0.226 e. The Bertz CT molecular complexity index is 258. The van der Waals surface area contributed by atoms with Crippen LogP contribution >= 0.6 is 0 Å². The van der Waals surface area contributed by atoms with Gasteiger partial charge in [0.25, 0.3) is 0 Å². The summed E-state index contributed by atoms with van der Waals surface area (Å²) in [6, 6.07) is 5.88. The lowest BCUT2D eigenvalue weighted by atomic mass is 10.4. The molecule has 1 aromatic rings. The fourth-order valence-corrected chi connectivity index (χ4v) is 0.777. The molecule has 3 heteroatoms. The van der Waals surface area contributed by atoms with Gasteiger partial charge in [0, 0.05) is 12.1 Å². The Kier molecular flexibility index (Phi) is 2.60. The van der Waals surface area contributed by atoms with Gasteiger partial charge < -0.3 is 4.84 Å². The van der Waals surface area contributed by atoms with E-state index in [-0.39, 0.29) is 0 Å². The number of hydrogen-bond acceptors (Lipinski definition) is 2. The van der Waals surface area contributed by atoms with Crippen molar-refractivity contribution in [1.82, 2.24) is 0 Å². The van der Waals surface area contributed by atoms with E-state index in [0.29, 0.717) is 0 Å². The Morgan fingerprint density at radius 2 is 2.36 bits per heavy atom. The molecule has 0 aliphatic rings. The molecule has 0 saturated carbocycles. The quantitative estimate of drug-likeness (QED) is 0.343. The SMILES string of the molecule is CO/N=C/c1cccc[n+]1C. The lowest BCUT2D eigenvalue weighted by Crippen LogP contribution is -2.32. The van der Waals surface area contributed by atoms with E-state index in [1.54, 1.807) is 6.21 Å². The minimum absolute atomic E-state index is 1.01. The van der Waals surface area contributed by atoms with Crippen molar-refractivity contribution in [3.63, 3.8) is 0 Å². The molecule has 11 heavy (non-hydrogen) atoms. The third-order valence-corrected chi connectivity index (χ3v) is 1.39. The van der Waals surface area contributed by atoms with E-state index in [1.807, 2.05) is 36.0 Å². The normalized spacial score (nSPS) is 10.4. The first-order valence-electron chi connectivity index (χ1n) is 3.36. The van der Waals surface area contributed by atoms with Crippen LogP contribution in [-0.2, 0) is 11.9 Å². The summed E-state index contributed by atoms with van der Waals surface area (Å²) in [5, 5.41) is 3.66. The fourth-order valence-electron chi connectivity index (χ4n) is 0.777. The van der Waals surface area contributed by atoms with Gasteiger partial charge in [-0.25, -0.2) is 4.57 Å². The van der Waals surface area contributed by atoms with E-state index in [0.717, 1.165) is 5.69 Å². The maximum absolute atomic E-state index is 4.56. The van der Waals surface area contributed by atoms with Crippen LogP contribution in [0.4, 0.5) is 0 Å². The molecular weight excluding hydrogens is 140 g/mol. The molecule has 0 aliphatic heterocycles. The summed E-state index contributed by atoms with van der Waals surface area (Å²) in [4.78, 5) is 4.56. The molecule has 1 heterocycles. The highest BCUT2D eigenvalue weighted by atomic mass is 16.6. The van der Waals surface area contributed by atoms with Crippen molar-refractivity contribution in [2.24, 2.45) is 12.2 Å². The van der Waals surface area contributed by atoms with Crippen molar-refractivity contribution in [1.29, 1.82) is 0 Å². The maximum atomic E-state index is 4.56. The van der Waals surface area contributed by atoms with Crippen LogP contribution in [0.5, 0.6) is 0 Å². The molecule has 0 aliphatic carbocycles. The number of pyridine rings is 1. The van der Waals surface area contributed by atoms with Gasteiger partial charge in [0.15, 0.2) is 6.20 Å². The first kappa shape index (κ1) is 7.72. The summed E-state index contributed by atoms with van der Waals surface area (Å²) < 4.78 is 1.96. The molecule has 0 aromatic carbocycles. The van der Waals surface area contributed by atoms with E-state index in [1.165, 1.54) is 7.11 Å². The minimum Gasteiger partial charge on any atom is -0.399 e. The van der Waals surface area contributed by atoms with Crippen LogP contribution in [0.25, 0.3) is 0 Å². The molecule has 1 rings (SSSR count). The Morgan fingerprint density at radius 3 is 3.00 bits per heavy atom. The van der Waals surface area contributed by atoms with Gasteiger partial charge >= 0.3 is 0 Å². The minimum atomic E-state index is 1.01. The van der Waals surface area contributed by atoms with Crippen molar-refractivity contribution < 1.29 is 9.40 Å². The van der Waals surface area contributed by atoms with Crippen LogP contribution in [0.3, 0.4) is 0 Å². The molecule has 0 saturated heterocycles. The Morgan fingerprint density at radius 1 is 1.55 bits per heavy atom. The molecule has 58 valence electrons. The highest BCUT2D eigenvalue weighted by Crippen LogP contribution is 1.85. The number of nitrogens with zero attached hydrogens (tertiary/aromatic N) is 2. The van der Waals surface area contributed by atoms with E-state index in [9.17, 15) is 0 Å². The molecule has 0 radical (unpaired) electrons. The third kappa shape index (κ3) is 2.04. The molecular formula is C8H11N2O+. The standard InChI is InChI=1S/C8H11N2O/c1-10-6-4-3-5-8(10)7-9-11-2/h3-7H,1-2H3/q+1/b9-7+. The molecule has 0 atom stereocenters. The maximum Gasteiger partial charge on any atom is 0.226 e.